The zero-order valence-corrected chi connectivity index (χ0v) is 23.9. The minimum Gasteiger partial charge on any atom is -0.455 e. The first-order valence-electron chi connectivity index (χ1n) is 12.9. The predicted octanol–water partition coefficient (Wildman–Crippen LogP) is 5.32. The van der Waals surface area contributed by atoms with Gasteiger partial charge >= 0.3 is 0 Å². The smallest absolute Gasteiger partial charge is 0.255 e. The molecule has 0 aliphatic heterocycles. The highest BCUT2D eigenvalue weighted by atomic mass is 32.2. The van der Waals surface area contributed by atoms with E-state index in [0.717, 1.165) is 10.6 Å². The van der Waals surface area contributed by atoms with Crippen LogP contribution < -0.4 is 15.4 Å². The van der Waals surface area contributed by atoms with Crippen LogP contribution in [0.1, 0.15) is 10.4 Å². The molecule has 1 amide bonds. The average molecular weight is 603 g/mol. The first-order chi connectivity index (χ1) is 20.4. The van der Waals surface area contributed by atoms with E-state index in [0.29, 0.717) is 33.1 Å². The van der Waals surface area contributed by atoms with E-state index in [-0.39, 0.29) is 39.9 Å². The van der Waals surface area contributed by atoms with E-state index in [4.69, 9.17) is 10.2 Å². The van der Waals surface area contributed by atoms with Crippen molar-refractivity contribution in [3.8, 4) is 34.1 Å². The molecule has 4 N–H and O–H groups in total. The number of aromatic nitrogens is 3. The number of nitrogen functional groups attached to an aromatic ring is 1. The van der Waals surface area contributed by atoms with Gasteiger partial charge in [0.2, 0.25) is 10.0 Å². The third-order valence-corrected chi connectivity index (χ3v) is 8.27. The Morgan fingerprint density at radius 1 is 1.02 bits per heavy atom. The van der Waals surface area contributed by atoms with Crippen molar-refractivity contribution in [1.82, 2.24) is 20.3 Å². The molecule has 3 aromatic heterocycles. The maximum Gasteiger partial charge on any atom is 0.255 e. The summed E-state index contributed by atoms with van der Waals surface area (Å²) in [6.07, 6.45) is 1.04. The zero-order chi connectivity index (χ0) is 30.6. The van der Waals surface area contributed by atoms with E-state index in [1.165, 1.54) is 56.6 Å². The van der Waals surface area contributed by atoms with E-state index < -0.39 is 27.6 Å². The molecule has 0 atom stereocenters. The Bertz CT molecular complexity index is 2180. The number of furan rings is 1. The van der Waals surface area contributed by atoms with Crippen LogP contribution in [0.15, 0.2) is 71.1 Å². The van der Waals surface area contributed by atoms with Gasteiger partial charge in [-0.15, -0.1) is 0 Å². The van der Waals surface area contributed by atoms with Gasteiger partial charge in [0, 0.05) is 53.6 Å². The maximum absolute atomic E-state index is 14.4. The molecule has 0 bridgehead atoms. The first kappa shape index (κ1) is 27.8. The topological polar surface area (TPSA) is 147 Å². The number of H-pyrrole nitrogens is 1. The van der Waals surface area contributed by atoms with E-state index >= 15 is 0 Å². The molecule has 6 rings (SSSR count). The predicted molar refractivity (Wildman–Crippen MR) is 161 cm³/mol. The SMILES string of the molecule is CNC(=O)c1c(-c2ccc(F)cc2)oc2cc(N(C)S(C)(=O)=O)c(-c3cc(N)nc(-c4cc5c(F)cccc5[nH]4)n3)cc12. The number of amides is 1. The van der Waals surface area contributed by atoms with Crippen LogP contribution in [0.5, 0.6) is 0 Å². The summed E-state index contributed by atoms with van der Waals surface area (Å²) in [4.78, 5) is 25.2. The molecule has 0 radical (unpaired) electrons. The Kier molecular flexibility index (Phi) is 6.61. The molecule has 0 saturated heterocycles. The van der Waals surface area contributed by atoms with Gasteiger partial charge in [0.05, 0.1) is 28.9 Å². The van der Waals surface area contributed by atoms with Crippen LogP contribution in [0.4, 0.5) is 20.3 Å². The standard InChI is InChI=1S/C30H24F2N6O4S/c1-34-30(39)27-19-11-18(22-13-26(33)37-29(36-22)23-12-17-20(32)5-4-6-21(17)35-23)24(38(2)43(3,40)41)14-25(19)42-28(27)15-7-9-16(31)10-8-15/h4-14,35H,1-3H3,(H,34,39)(H2,33,36,37). The number of nitrogens with two attached hydrogens (primary N) is 1. The van der Waals surface area contributed by atoms with Crippen LogP contribution in [0, 0.1) is 11.6 Å². The second-order valence-corrected chi connectivity index (χ2v) is 11.9. The fraction of sp³-hybridized carbons (Fsp3) is 0.100. The van der Waals surface area contributed by atoms with E-state index in [1.807, 2.05) is 0 Å². The number of aromatic amines is 1. The molecular formula is C30H24F2N6O4S. The molecular weight excluding hydrogens is 578 g/mol. The van der Waals surface area contributed by atoms with Gasteiger partial charge in [-0.1, -0.05) is 6.07 Å². The van der Waals surface area contributed by atoms with Crippen molar-refractivity contribution in [3.05, 3.63) is 83.9 Å². The molecule has 10 nitrogen and oxygen atoms in total. The number of hydrogen-bond acceptors (Lipinski definition) is 7. The summed E-state index contributed by atoms with van der Waals surface area (Å²) < 4.78 is 60.7. The normalized spacial score (nSPS) is 11.7. The summed E-state index contributed by atoms with van der Waals surface area (Å²) in [5, 5.41) is 3.29. The highest BCUT2D eigenvalue weighted by molar-refractivity contribution is 7.92. The van der Waals surface area contributed by atoms with Gasteiger partial charge in [0.25, 0.3) is 5.91 Å². The minimum absolute atomic E-state index is 0.0675. The lowest BCUT2D eigenvalue weighted by Gasteiger charge is -2.20. The van der Waals surface area contributed by atoms with Crippen molar-refractivity contribution < 1.29 is 26.4 Å². The summed E-state index contributed by atoms with van der Waals surface area (Å²) in [7, 11) is -0.951. The number of nitrogens with one attached hydrogen (secondary N) is 2. The third-order valence-electron chi connectivity index (χ3n) is 7.08. The molecule has 0 saturated carbocycles. The van der Waals surface area contributed by atoms with Crippen LogP contribution >= 0.6 is 0 Å². The molecule has 13 heteroatoms. The number of hydrogen-bond donors (Lipinski definition) is 3. The second kappa shape index (κ2) is 10.2. The summed E-state index contributed by atoms with van der Waals surface area (Å²) in [6, 6.07) is 16.2. The minimum atomic E-state index is -3.78. The summed E-state index contributed by atoms with van der Waals surface area (Å²) >= 11 is 0. The Labute approximate surface area is 244 Å². The lowest BCUT2D eigenvalue weighted by molar-refractivity contribution is 0.0964. The van der Waals surface area contributed by atoms with Crippen molar-refractivity contribution in [2.45, 2.75) is 0 Å². The number of anilines is 2. The number of rotatable bonds is 6. The number of halogens is 2. The van der Waals surface area contributed by atoms with Crippen LogP contribution in [-0.2, 0) is 10.0 Å². The van der Waals surface area contributed by atoms with Gasteiger partial charge in [-0.3, -0.25) is 9.10 Å². The molecule has 3 aromatic carbocycles. The van der Waals surface area contributed by atoms with Crippen LogP contribution in [0.3, 0.4) is 0 Å². The average Bonchev–Trinajstić information content (AvgIpc) is 3.58. The lowest BCUT2D eigenvalue weighted by atomic mass is 10.0. The van der Waals surface area contributed by atoms with Gasteiger partial charge in [-0.25, -0.2) is 27.2 Å². The van der Waals surface area contributed by atoms with Crippen LogP contribution in [0.25, 0.3) is 56.0 Å². The second-order valence-electron chi connectivity index (χ2n) is 9.87. The Morgan fingerprint density at radius 3 is 2.44 bits per heavy atom. The molecule has 0 aliphatic carbocycles. The molecule has 3 heterocycles. The first-order valence-corrected chi connectivity index (χ1v) is 14.7. The van der Waals surface area contributed by atoms with Crippen molar-refractivity contribution in [2.75, 3.05) is 30.4 Å². The molecule has 0 aliphatic rings. The number of sulfonamides is 1. The Balaban J connectivity index is 1.63. The van der Waals surface area contributed by atoms with Crippen molar-refractivity contribution >= 4 is 49.3 Å². The number of nitrogens with zero attached hydrogens (tertiary/aromatic N) is 3. The monoisotopic (exact) mass is 602 g/mol. The fourth-order valence-corrected chi connectivity index (χ4v) is 5.40. The maximum atomic E-state index is 14.4. The van der Waals surface area contributed by atoms with Crippen LogP contribution in [0.2, 0.25) is 0 Å². The van der Waals surface area contributed by atoms with Crippen molar-refractivity contribution in [2.24, 2.45) is 0 Å². The molecule has 0 spiro atoms. The summed E-state index contributed by atoms with van der Waals surface area (Å²) in [5.74, 6) is -0.984. The molecule has 0 unspecified atom stereocenters. The highest BCUT2D eigenvalue weighted by Gasteiger charge is 2.27. The quantitative estimate of drug-likeness (QED) is 0.234. The zero-order valence-electron chi connectivity index (χ0n) is 23.1. The van der Waals surface area contributed by atoms with Crippen LogP contribution in [-0.4, -0.2) is 49.6 Å². The summed E-state index contributed by atoms with van der Waals surface area (Å²) in [6.45, 7) is 0. The number of carbonyl (C=O) groups excluding carboxylic acids is 1. The molecule has 43 heavy (non-hydrogen) atoms. The van der Waals surface area contributed by atoms with E-state index in [9.17, 15) is 22.0 Å². The fourth-order valence-electron chi connectivity index (χ4n) is 4.89. The van der Waals surface area contributed by atoms with Gasteiger partial charge in [0.1, 0.15) is 28.8 Å². The van der Waals surface area contributed by atoms with E-state index in [2.05, 4.69) is 20.3 Å². The highest BCUT2D eigenvalue weighted by Crippen LogP contribution is 2.41. The summed E-state index contributed by atoms with van der Waals surface area (Å²) in [5.41, 5.74) is 8.64. The molecule has 6 aromatic rings. The van der Waals surface area contributed by atoms with Crippen molar-refractivity contribution in [3.63, 3.8) is 0 Å². The number of benzene rings is 3. The largest absolute Gasteiger partial charge is 0.455 e. The van der Waals surface area contributed by atoms with Gasteiger partial charge in [0.15, 0.2) is 5.82 Å². The molecule has 0 fully saturated rings. The Morgan fingerprint density at radius 2 is 1.77 bits per heavy atom. The Hall–Kier alpha value is -5.30. The van der Waals surface area contributed by atoms with Gasteiger partial charge in [-0.2, -0.15) is 0 Å². The van der Waals surface area contributed by atoms with Crippen molar-refractivity contribution in [1.29, 1.82) is 0 Å². The number of fused-ring (bicyclic) bond motifs is 2. The van der Waals surface area contributed by atoms with Gasteiger partial charge < -0.3 is 20.5 Å². The molecule has 218 valence electrons. The number of carbonyl (C=O) groups is 1. The van der Waals surface area contributed by atoms with Gasteiger partial charge in [-0.05, 0) is 48.5 Å². The van der Waals surface area contributed by atoms with E-state index in [1.54, 1.807) is 24.3 Å². The lowest BCUT2D eigenvalue weighted by Crippen LogP contribution is -2.25. The third kappa shape index (κ3) is 4.93.